The van der Waals surface area contributed by atoms with E-state index >= 15 is 0 Å². The third-order valence-corrected chi connectivity index (χ3v) is 4.08. The van der Waals surface area contributed by atoms with Crippen molar-refractivity contribution in [3.63, 3.8) is 0 Å². The summed E-state index contributed by atoms with van der Waals surface area (Å²) in [6, 6.07) is 2.01. The molecular weight excluding hydrogens is 272 g/mol. The van der Waals surface area contributed by atoms with Crippen LogP contribution in [0.1, 0.15) is 11.3 Å². The van der Waals surface area contributed by atoms with E-state index in [4.69, 9.17) is 0 Å². The van der Waals surface area contributed by atoms with Gasteiger partial charge >= 0.3 is 0 Å². The van der Waals surface area contributed by atoms with Gasteiger partial charge in [0.1, 0.15) is 5.69 Å². The van der Waals surface area contributed by atoms with E-state index in [0.717, 1.165) is 33.5 Å². The van der Waals surface area contributed by atoms with Gasteiger partial charge in [-0.2, -0.15) is 10.2 Å². The second kappa shape index (κ2) is 5.09. The Labute approximate surface area is 121 Å². The van der Waals surface area contributed by atoms with Crippen LogP contribution in [-0.4, -0.2) is 24.5 Å². The lowest BCUT2D eigenvalue weighted by molar-refractivity contribution is 0.767. The van der Waals surface area contributed by atoms with Gasteiger partial charge in [-0.15, -0.1) is 0 Å². The zero-order valence-electron chi connectivity index (χ0n) is 11.7. The number of anilines is 1. The number of aryl methyl sites for hydroxylation is 3. The van der Waals surface area contributed by atoms with Crippen molar-refractivity contribution in [1.29, 1.82) is 0 Å². The third kappa shape index (κ3) is 2.57. The maximum absolute atomic E-state index is 4.55. The summed E-state index contributed by atoms with van der Waals surface area (Å²) in [6.45, 7) is 2.73. The Balaban J connectivity index is 1.75. The van der Waals surface area contributed by atoms with Gasteiger partial charge in [-0.25, -0.2) is 4.98 Å². The van der Waals surface area contributed by atoms with Crippen LogP contribution in [0.5, 0.6) is 0 Å². The van der Waals surface area contributed by atoms with Crippen LogP contribution in [0.4, 0.5) is 5.13 Å². The summed E-state index contributed by atoms with van der Waals surface area (Å²) < 4.78 is 3.60. The van der Waals surface area contributed by atoms with Crippen molar-refractivity contribution in [2.45, 2.75) is 13.5 Å². The molecule has 3 aromatic heterocycles. The number of hydrogen-bond donors (Lipinski definition) is 1. The van der Waals surface area contributed by atoms with Crippen molar-refractivity contribution in [2.75, 3.05) is 5.32 Å². The van der Waals surface area contributed by atoms with Crippen LogP contribution in [0.2, 0.25) is 0 Å². The van der Waals surface area contributed by atoms with Crippen LogP contribution in [0.15, 0.2) is 24.7 Å². The molecule has 0 atom stereocenters. The molecule has 3 rings (SSSR count). The second-order valence-corrected chi connectivity index (χ2v) is 5.68. The molecule has 0 bridgehead atoms. The Morgan fingerprint density at radius 1 is 1.30 bits per heavy atom. The maximum atomic E-state index is 4.55. The first kappa shape index (κ1) is 12.9. The fraction of sp³-hybridized carbons (Fsp3) is 0.308. The van der Waals surface area contributed by atoms with E-state index in [1.807, 2.05) is 45.7 Å². The van der Waals surface area contributed by atoms with Crippen molar-refractivity contribution in [3.05, 3.63) is 35.9 Å². The number of aromatic nitrogens is 5. The molecule has 0 aliphatic rings. The Hall–Kier alpha value is -2.15. The molecule has 3 heterocycles. The molecular formula is C13H16N6S. The Morgan fingerprint density at radius 3 is 2.80 bits per heavy atom. The number of hydrogen-bond acceptors (Lipinski definition) is 5. The molecule has 7 heteroatoms. The molecule has 104 valence electrons. The van der Waals surface area contributed by atoms with Gasteiger partial charge in [0.05, 0.1) is 16.8 Å². The van der Waals surface area contributed by atoms with E-state index in [-0.39, 0.29) is 0 Å². The maximum Gasteiger partial charge on any atom is 0.183 e. The Kier molecular flexibility index (Phi) is 3.27. The van der Waals surface area contributed by atoms with Crippen molar-refractivity contribution in [2.24, 2.45) is 14.1 Å². The summed E-state index contributed by atoms with van der Waals surface area (Å²) in [6.07, 6.45) is 5.79. The van der Waals surface area contributed by atoms with Crippen LogP contribution in [0.25, 0.3) is 10.6 Å². The molecule has 0 amide bonds. The lowest BCUT2D eigenvalue weighted by atomic mass is 10.3. The summed E-state index contributed by atoms with van der Waals surface area (Å²) in [5.41, 5.74) is 3.11. The van der Waals surface area contributed by atoms with Crippen LogP contribution in [-0.2, 0) is 20.6 Å². The molecule has 0 aliphatic heterocycles. The first-order valence-corrected chi connectivity index (χ1v) is 7.12. The summed E-state index contributed by atoms with van der Waals surface area (Å²) in [7, 11) is 3.83. The van der Waals surface area contributed by atoms with Gasteiger partial charge in [-0.3, -0.25) is 9.36 Å². The number of thiazole rings is 1. The van der Waals surface area contributed by atoms with Gasteiger partial charge in [-0.05, 0) is 13.0 Å². The summed E-state index contributed by atoms with van der Waals surface area (Å²) >= 11 is 1.63. The normalized spacial score (nSPS) is 10.9. The molecule has 0 spiro atoms. The molecule has 20 heavy (non-hydrogen) atoms. The summed E-state index contributed by atoms with van der Waals surface area (Å²) in [5, 5.41) is 12.8. The smallest absolute Gasteiger partial charge is 0.183 e. The highest BCUT2D eigenvalue weighted by Gasteiger charge is 2.11. The highest BCUT2D eigenvalue weighted by molar-refractivity contribution is 7.19. The molecule has 1 N–H and O–H groups in total. The number of nitrogens with zero attached hydrogens (tertiary/aromatic N) is 5. The van der Waals surface area contributed by atoms with Gasteiger partial charge < -0.3 is 5.32 Å². The monoisotopic (exact) mass is 288 g/mol. The molecule has 3 aromatic rings. The molecule has 6 nitrogen and oxygen atoms in total. The van der Waals surface area contributed by atoms with E-state index < -0.39 is 0 Å². The molecule has 0 unspecified atom stereocenters. The van der Waals surface area contributed by atoms with Crippen molar-refractivity contribution in [3.8, 4) is 10.6 Å². The predicted octanol–water partition coefficient (Wildman–Crippen LogP) is 2.20. The second-order valence-electron chi connectivity index (χ2n) is 4.68. The molecule has 0 aromatic carbocycles. The largest absolute Gasteiger partial charge is 0.357 e. The standard InChI is InChI=1S/C13H16N6S/c1-9-12(11-4-5-18(2)17-11)20-13(16-9)14-6-10-7-15-19(3)8-10/h4-5,7-8H,6H2,1-3H3,(H,14,16). The van der Waals surface area contributed by atoms with Gasteiger partial charge in [0, 0.05) is 38.6 Å². The van der Waals surface area contributed by atoms with Crippen molar-refractivity contribution >= 4 is 16.5 Å². The van der Waals surface area contributed by atoms with Crippen LogP contribution in [0, 0.1) is 6.92 Å². The lowest BCUT2D eigenvalue weighted by Gasteiger charge is -1.98. The van der Waals surface area contributed by atoms with E-state index in [0.29, 0.717) is 0 Å². The van der Waals surface area contributed by atoms with Gasteiger partial charge in [0.25, 0.3) is 0 Å². The van der Waals surface area contributed by atoms with E-state index in [1.54, 1.807) is 20.7 Å². The fourth-order valence-corrected chi connectivity index (χ4v) is 2.91. The molecule has 0 radical (unpaired) electrons. The highest BCUT2D eigenvalue weighted by atomic mass is 32.1. The number of rotatable bonds is 4. The van der Waals surface area contributed by atoms with Crippen LogP contribution < -0.4 is 5.32 Å². The zero-order chi connectivity index (χ0) is 14.1. The van der Waals surface area contributed by atoms with Crippen LogP contribution in [0.3, 0.4) is 0 Å². The number of nitrogens with one attached hydrogen (secondary N) is 1. The Bertz CT molecular complexity index is 723. The minimum atomic E-state index is 0.725. The van der Waals surface area contributed by atoms with Crippen LogP contribution >= 0.6 is 11.3 Å². The Morgan fingerprint density at radius 2 is 2.15 bits per heavy atom. The molecule has 0 fully saturated rings. The van der Waals surface area contributed by atoms with E-state index in [1.165, 1.54) is 0 Å². The van der Waals surface area contributed by atoms with Gasteiger partial charge in [-0.1, -0.05) is 11.3 Å². The average molecular weight is 288 g/mol. The highest BCUT2D eigenvalue weighted by Crippen LogP contribution is 2.31. The van der Waals surface area contributed by atoms with Crippen molar-refractivity contribution in [1.82, 2.24) is 24.5 Å². The zero-order valence-corrected chi connectivity index (χ0v) is 12.5. The third-order valence-electron chi connectivity index (χ3n) is 2.94. The van der Waals surface area contributed by atoms with E-state index in [9.17, 15) is 0 Å². The van der Waals surface area contributed by atoms with Crippen molar-refractivity contribution < 1.29 is 0 Å². The van der Waals surface area contributed by atoms with Gasteiger partial charge in [0.2, 0.25) is 0 Å². The van der Waals surface area contributed by atoms with Gasteiger partial charge in [0.15, 0.2) is 5.13 Å². The average Bonchev–Trinajstić information content (AvgIpc) is 3.08. The SMILES string of the molecule is Cc1nc(NCc2cnn(C)c2)sc1-c1ccn(C)n1. The minimum absolute atomic E-state index is 0.725. The topological polar surface area (TPSA) is 60.6 Å². The molecule has 0 saturated carbocycles. The first-order chi connectivity index (χ1) is 9.61. The van der Waals surface area contributed by atoms with E-state index in [2.05, 4.69) is 20.5 Å². The molecule has 0 saturated heterocycles. The fourth-order valence-electron chi connectivity index (χ4n) is 1.99. The quantitative estimate of drug-likeness (QED) is 0.799. The summed E-state index contributed by atoms with van der Waals surface area (Å²) in [4.78, 5) is 5.66. The lowest BCUT2D eigenvalue weighted by Crippen LogP contribution is -1.97. The first-order valence-electron chi connectivity index (χ1n) is 6.30. The summed E-state index contributed by atoms with van der Waals surface area (Å²) in [5.74, 6) is 0. The minimum Gasteiger partial charge on any atom is -0.357 e. The molecule has 0 aliphatic carbocycles. The predicted molar refractivity (Wildman–Crippen MR) is 79.6 cm³/mol.